The highest BCUT2D eigenvalue weighted by atomic mass is 19.4. The molecule has 1 aromatic heterocycles. The van der Waals surface area contributed by atoms with Gasteiger partial charge in [0.25, 0.3) is 0 Å². The Balaban J connectivity index is 1.05. The van der Waals surface area contributed by atoms with E-state index in [9.17, 15) is 18.0 Å². The second-order valence-corrected chi connectivity index (χ2v) is 13.9. The van der Waals surface area contributed by atoms with Gasteiger partial charge in [-0.25, -0.2) is 13.8 Å². The van der Waals surface area contributed by atoms with Crippen LogP contribution in [0.4, 0.5) is 39.0 Å². The Kier molecular flexibility index (Phi) is 8.91. The van der Waals surface area contributed by atoms with Crippen molar-refractivity contribution in [1.29, 1.82) is 0 Å². The zero-order valence-electron chi connectivity index (χ0n) is 27.7. The molecule has 0 bridgehead atoms. The van der Waals surface area contributed by atoms with Gasteiger partial charge in [-0.1, -0.05) is 19.9 Å². The highest BCUT2D eigenvalue weighted by Crippen LogP contribution is 2.40. The topological polar surface area (TPSA) is 58.7 Å². The summed E-state index contributed by atoms with van der Waals surface area (Å²) in [5.41, 5.74) is 3.06. The van der Waals surface area contributed by atoms with E-state index < -0.39 is 23.4 Å². The van der Waals surface area contributed by atoms with Gasteiger partial charge in [-0.05, 0) is 85.7 Å². The van der Waals surface area contributed by atoms with Gasteiger partial charge in [-0.15, -0.1) is 0 Å². The summed E-state index contributed by atoms with van der Waals surface area (Å²) < 4.78 is 70.3. The number of carbonyl (C=O) groups is 1. The summed E-state index contributed by atoms with van der Waals surface area (Å²) in [5, 5.41) is 0. The van der Waals surface area contributed by atoms with Crippen molar-refractivity contribution in [2.75, 3.05) is 54.0 Å². The molecule has 0 saturated carbocycles. The van der Waals surface area contributed by atoms with E-state index >= 15 is 8.78 Å². The van der Waals surface area contributed by atoms with Gasteiger partial charge < -0.3 is 24.6 Å². The van der Waals surface area contributed by atoms with E-state index in [1.807, 2.05) is 41.8 Å². The molecular formula is C37H41F5N6O. The Morgan fingerprint density at radius 1 is 0.837 bits per heavy atom. The van der Waals surface area contributed by atoms with E-state index in [0.29, 0.717) is 56.4 Å². The maximum absolute atomic E-state index is 15.7. The summed E-state index contributed by atoms with van der Waals surface area (Å²) in [4.78, 5) is 28.9. The van der Waals surface area contributed by atoms with E-state index in [1.165, 1.54) is 24.3 Å². The van der Waals surface area contributed by atoms with E-state index in [4.69, 9.17) is 4.98 Å². The molecule has 3 aliphatic rings. The van der Waals surface area contributed by atoms with Gasteiger partial charge >= 0.3 is 6.18 Å². The first-order valence-corrected chi connectivity index (χ1v) is 17.2. The number of halogens is 5. The molecule has 1 N–H and O–H groups in total. The molecule has 3 saturated heterocycles. The Morgan fingerprint density at radius 3 is 2.16 bits per heavy atom. The van der Waals surface area contributed by atoms with E-state index in [1.54, 1.807) is 4.90 Å². The zero-order chi connectivity index (χ0) is 34.4. The number of imidazole rings is 1. The third-order valence-electron chi connectivity index (χ3n) is 10.1. The number of benzene rings is 3. The number of rotatable bonds is 7. The quantitative estimate of drug-likeness (QED) is 0.199. The van der Waals surface area contributed by atoms with Crippen LogP contribution in [0.1, 0.15) is 75.0 Å². The average molecular weight is 681 g/mol. The first-order valence-electron chi connectivity index (χ1n) is 17.2. The van der Waals surface area contributed by atoms with Crippen molar-refractivity contribution in [3.63, 3.8) is 0 Å². The van der Waals surface area contributed by atoms with Crippen molar-refractivity contribution >= 4 is 34.0 Å². The fourth-order valence-corrected chi connectivity index (χ4v) is 7.72. The number of aromatic amines is 1. The maximum Gasteiger partial charge on any atom is 0.416 e. The zero-order valence-corrected chi connectivity index (χ0v) is 27.7. The summed E-state index contributed by atoms with van der Waals surface area (Å²) in [7, 11) is 0. The molecule has 0 spiro atoms. The molecule has 49 heavy (non-hydrogen) atoms. The number of anilines is 3. The summed E-state index contributed by atoms with van der Waals surface area (Å²) in [5.74, 6) is -0.0247. The number of nitrogens with zero attached hydrogens (tertiary/aromatic N) is 5. The standard InChI is InChI=1S/C37H41F5N6O/c1-23(2)19-34(49)48-14-4-6-33(48)36-43-30-12-7-24(20-31(30)44-36)32-5-3-13-47(32)27-21-28(38)35(29(39)22-27)46-17-15-45(16-18-46)26-10-8-25(9-11-26)37(40,41)42/h7-12,20-23,32-33H,3-6,13-19H2,1-2H3,(H,43,44)/t32-,33+/m1/s1. The van der Waals surface area contributed by atoms with Crippen molar-refractivity contribution in [3.8, 4) is 0 Å². The lowest BCUT2D eigenvalue weighted by Crippen LogP contribution is -2.47. The molecule has 0 radical (unpaired) electrons. The van der Waals surface area contributed by atoms with Crippen LogP contribution in [0, 0.1) is 17.6 Å². The lowest BCUT2D eigenvalue weighted by molar-refractivity contribution is -0.137. The summed E-state index contributed by atoms with van der Waals surface area (Å²) in [6, 6.07) is 13.7. The number of nitrogens with one attached hydrogen (secondary N) is 1. The normalized spacial score (nSPS) is 20.3. The minimum atomic E-state index is -4.40. The van der Waals surface area contributed by atoms with Crippen molar-refractivity contribution in [1.82, 2.24) is 14.9 Å². The number of aromatic nitrogens is 2. The van der Waals surface area contributed by atoms with Gasteiger partial charge in [0.1, 0.15) is 11.5 Å². The molecule has 260 valence electrons. The maximum atomic E-state index is 15.7. The number of likely N-dealkylation sites (tertiary alicyclic amines) is 1. The van der Waals surface area contributed by atoms with Crippen LogP contribution in [-0.4, -0.2) is 60.0 Å². The minimum absolute atomic E-state index is 0.0673. The third-order valence-corrected chi connectivity index (χ3v) is 10.1. The van der Waals surface area contributed by atoms with Crippen LogP contribution in [0.5, 0.6) is 0 Å². The second kappa shape index (κ2) is 13.2. The number of carbonyl (C=O) groups excluding carboxylic acids is 1. The number of alkyl halides is 3. The Labute approximate surface area is 282 Å². The summed E-state index contributed by atoms with van der Waals surface area (Å²) in [6.07, 6.45) is -0.366. The third kappa shape index (κ3) is 6.66. The lowest BCUT2D eigenvalue weighted by Gasteiger charge is -2.38. The number of fused-ring (bicyclic) bond motifs is 1. The predicted molar refractivity (Wildman–Crippen MR) is 181 cm³/mol. The molecule has 3 aliphatic heterocycles. The first-order chi connectivity index (χ1) is 23.5. The molecule has 2 atom stereocenters. The molecular weight excluding hydrogens is 639 g/mol. The molecule has 1 amide bonds. The monoisotopic (exact) mass is 680 g/mol. The molecule has 7 nitrogen and oxygen atoms in total. The van der Waals surface area contributed by atoms with Crippen molar-refractivity contribution in [2.45, 2.75) is 64.2 Å². The average Bonchev–Trinajstić information content (AvgIpc) is 3.83. The molecule has 0 aliphatic carbocycles. The molecule has 0 unspecified atom stereocenters. The Morgan fingerprint density at radius 2 is 1.49 bits per heavy atom. The van der Waals surface area contributed by atoms with Gasteiger partial charge in [0.2, 0.25) is 5.91 Å². The fourth-order valence-electron chi connectivity index (χ4n) is 7.72. The molecule has 3 fully saturated rings. The van der Waals surface area contributed by atoms with E-state index in [2.05, 4.69) is 9.88 Å². The Bertz CT molecular complexity index is 1790. The number of hydrogen-bond donors (Lipinski definition) is 1. The summed E-state index contributed by atoms with van der Waals surface area (Å²) >= 11 is 0. The van der Waals surface area contributed by atoms with Crippen molar-refractivity contribution < 1.29 is 26.7 Å². The van der Waals surface area contributed by atoms with E-state index in [0.717, 1.165) is 66.8 Å². The van der Waals surface area contributed by atoms with Gasteiger partial charge in [0, 0.05) is 57.1 Å². The largest absolute Gasteiger partial charge is 0.416 e. The molecule has 4 heterocycles. The number of hydrogen-bond acceptors (Lipinski definition) is 5. The highest BCUT2D eigenvalue weighted by Gasteiger charge is 2.34. The van der Waals surface area contributed by atoms with E-state index in [-0.39, 0.29) is 23.7 Å². The van der Waals surface area contributed by atoms with Crippen LogP contribution in [0.3, 0.4) is 0 Å². The molecule has 4 aromatic rings. The fraction of sp³-hybridized carbons (Fsp3) is 0.459. The molecule has 7 rings (SSSR count). The SMILES string of the molecule is CC(C)CC(=O)N1CCC[C@H]1c1nc2cc([C@H]3CCCN3c3cc(F)c(N4CCN(c5ccc(C(F)(F)F)cc5)CC4)c(F)c3)ccc2[nH]1. The number of H-pyrrole nitrogens is 1. The van der Waals surface area contributed by atoms with Crippen LogP contribution in [0.2, 0.25) is 0 Å². The molecule has 3 aromatic carbocycles. The highest BCUT2D eigenvalue weighted by molar-refractivity contribution is 5.79. The van der Waals surface area contributed by atoms with Crippen LogP contribution < -0.4 is 14.7 Å². The lowest BCUT2D eigenvalue weighted by atomic mass is 10.0. The second-order valence-electron chi connectivity index (χ2n) is 13.9. The Hall–Kier alpha value is -4.35. The first kappa shape index (κ1) is 33.2. The summed E-state index contributed by atoms with van der Waals surface area (Å²) in [6.45, 7) is 7.00. The van der Waals surface area contributed by atoms with Crippen molar-refractivity contribution in [2.24, 2.45) is 5.92 Å². The van der Waals surface area contributed by atoms with Gasteiger partial charge in [-0.3, -0.25) is 4.79 Å². The van der Waals surface area contributed by atoms with Crippen LogP contribution in [0.15, 0.2) is 54.6 Å². The van der Waals surface area contributed by atoms with Gasteiger partial charge in [-0.2, -0.15) is 13.2 Å². The predicted octanol–water partition coefficient (Wildman–Crippen LogP) is 8.24. The number of piperazine rings is 1. The van der Waals surface area contributed by atoms with Gasteiger partial charge in [0.15, 0.2) is 11.6 Å². The number of amides is 1. The van der Waals surface area contributed by atoms with Crippen LogP contribution in [-0.2, 0) is 11.0 Å². The van der Waals surface area contributed by atoms with Crippen LogP contribution >= 0.6 is 0 Å². The van der Waals surface area contributed by atoms with Gasteiger partial charge in [0.05, 0.1) is 28.7 Å². The smallest absolute Gasteiger partial charge is 0.368 e. The molecule has 12 heteroatoms. The van der Waals surface area contributed by atoms with Crippen molar-refractivity contribution in [3.05, 3.63) is 83.2 Å². The van der Waals surface area contributed by atoms with Crippen LogP contribution in [0.25, 0.3) is 11.0 Å². The minimum Gasteiger partial charge on any atom is -0.368 e.